The molecule has 0 saturated heterocycles. The van der Waals surface area contributed by atoms with E-state index in [-0.39, 0.29) is 5.82 Å². The Hall–Kier alpha value is -3.05. The number of halogens is 1. The van der Waals surface area contributed by atoms with Crippen molar-refractivity contribution >= 4 is 0 Å². The summed E-state index contributed by atoms with van der Waals surface area (Å²) in [6, 6.07) is 21.2. The maximum absolute atomic E-state index is 14.8. The van der Waals surface area contributed by atoms with Gasteiger partial charge in [-0.2, -0.15) is 0 Å². The molecule has 0 spiro atoms. The Balaban J connectivity index is 1.62. The lowest BCUT2D eigenvalue weighted by molar-refractivity contribution is 0.306. The van der Waals surface area contributed by atoms with Crippen molar-refractivity contribution in [3.8, 4) is 28.7 Å². The largest absolute Gasteiger partial charge is 0.494 e. The molecule has 0 amide bonds. The first-order valence-corrected chi connectivity index (χ1v) is 11.8. The number of rotatable bonds is 10. The molecule has 3 aromatic rings. The van der Waals surface area contributed by atoms with Crippen LogP contribution in [0, 0.1) is 17.7 Å². The van der Waals surface area contributed by atoms with Crippen LogP contribution in [0.1, 0.15) is 69.1 Å². The summed E-state index contributed by atoms with van der Waals surface area (Å²) >= 11 is 0. The van der Waals surface area contributed by atoms with E-state index in [9.17, 15) is 4.39 Å². The van der Waals surface area contributed by atoms with Gasteiger partial charge in [0.15, 0.2) is 0 Å². The molecule has 32 heavy (non-hydrogen) atoms. The first kappa shape index (κ1) is 23.6. The second-order valence-electron chi connectivity index (χ2n) is 8.18. The van der Waals surface area contributed by atoms with Crippen molar-refractivity contribution in [3.05, 3.63) is 89.2 Å². The van der Waals surface area contributed by atoms with E-state index in [0.717, 1.165) is 36.3 Å². The normalized spacial score (nSPS) is 10.5. The zero-order chi connectivity index (χ0) is 22.6. The molecule has 0 radical (unpaired) electrons. The summed E-state index contributed by atoms with van der Waals surface area (Å²) in [6.07, 6.45) is 8.19. The van der Waals surface area contributed by atoms with Crippen LogP contribution in [0.5, 0.6) is 5.75 Å². The van der Waals surface area contributed by atoms with Gasteiger partial charge in [0.25, 0.3) is 0 Å². The number of aryl methyl sites for hydroxylation is 1. The molecule has 2 heteroatoms. The standard InChI is InChI=1S/C30H33FO/c1-3-5-7-9-24-12-17-27(18-13-24)29-21-16-26(23-30(29)31)11-10-25-14-19-28(20-15-25)32-22-8-6-4-2/h12-21,23H,3-9,22H2,1-2H3. The summed E-state index contributed by atoms with van der Waals surface area (Å²) in [5, 5.41) is 0. The van der Waals surface area contributed by atoms with Crippen LogP contribution >= 0.6 is 0 Å². The number of hydrogen-bond acceptors (Lipinski definition) is 1. The van der Waals surface area contributed by atoms with Crippen molar-refractivity contribution in [3.63, 3.8) is 0 Å². The van der Waals surface area contributed by atoms with Crippen LogP contribution in [0.3, 0.4) is 0 Å². The van der Waals surface area contributed by atoms with Crippen molar-refractivity contribution in [1.82, 2.24) is 0 Å². The van der Waals surface area contributed by atoms with Crippen molar-refractivity contribution in [2.75, 3.05) is 6.61 Å². The van der Waals surface area contributed by atoms with Gasteiger partial charge in [0.05, 0.1) is 6.61 Å². The lowest BCUT2D eigenvalue weighted by Gasteiger charge is -2.06. The minimum atomic E-state index is -0.244. The predicted octanol–water partition coefficient (Wildman–Crippen LogP) is 8.19. The summed E-state index contributed by atoms with van der Waals surface area (Å²) in [5.41, 5.74) is 4.37. The molecule has 0 saturated carbocycles. The van der Waals surface area contributed by atoms with Crippen LogP contribution in [0.2, 0.25) is 0 Å². The Bertz CT molecular complexity index is 1020. The molecule has 166 valence electrons. The summed E-state index contributed by atoms with van der Waals surface area (Å²) in [6.45, 7) is 5.13. The Morgan fingerprint density at radius 2 is 1.38 bits per heavy atom. The molecule has 0 aliphatic carbocycles. The van der Waals surface area contributed by atoms with Gasteiger partial charge in [0, 0.05) is 16.7 Å². The van der Waals surface area contributed by atoms with Crippen LogP contribution in [-0.4, -0.2) is 6.61 Å². The first-order valence-electron chi connectivity index (χ1n) is 11.8. The SMILES string of the molecule is CCCCCOc1ccc(C#Cc2ccc(-c3ccc(CCCCC)cc3)c(F)c2)cc1. The average Bonchev–Trinajstić information content (AvgIpc) is 2.82. The lowest BCUT2D eigenvalue weighted by Crippen LogP contribution is -1.96. The summed E-state index contributed by atoms with van der Waals surface area (Å²) in [4.78, 5) is 0. The highest BCUT2D eigenvalue weighted by molar-refractivity contribution is 5.65. The van der Waals surface area contributed by atoms with E-state index >= 15 is 0 Å². The van der Waals surface area contributed by atoms with Crippen LogP contribution in [0.25, 0.3) is 11.1 Å². The zero-order valence-corrected chi connectivity index (χ0v) is 19.3. The first-order chi connectivity index (χ1) is 15.7. The molecule has 0 unspecified atom stereocenters. The molecule has 0 bridgehead atoms. The Labute approximate surface area is 192 Å². The predicted molar refractivity (Wildman–Crippen MR) is 133 cm³/mol. The molecular weight excluding hydrogens is 395 g/mol. The smallest absolute Gasteiger partial charge is 0.132 e. The number of unbranched alkanes of at least 4 members (excludes halogenated alkanes) is 4. The maximum atomic E-state index is 14.8. The van der Waals surface area contributed by atoms with Gasteiger partial charge in [-0.25, -0.2) is 4.39 Å². The molecule has 0 N–H and O–H groups in total. The van der Waals surface area contributed by atoms with Crippen molar-refractivity contribution in [1.29, 1.82) is 0 Å². The molecule has 3 aromatic carbocycles. The van der Waals surface area contributed by atoms with E-state index in [2.05, 4.69) is 37.8 Å². The summed E-state index contributed by atoms with van der Waals surface area (Å²) < 4.78 is 20.5. The van der Waals surface area contributed by atoms with Gasteiger partial charge in [0.2, 0.25) is 0 Å². The van der Waals surface area contributed by atoms with E-state index < -0.39 is 0 Å². The van der Waals surface area contributed by atoms with Crippen LogP contribution in [0.15, 0.2) is 66.7 Å². The molecule has 0 fully saturated rings. The minimum Gasteiger partial charge on any atom is -0.494 e. The van der Waals surface area contributed by atoms with E-state index in [4.69, 9.17) is 4.74 Å². The molecule has 1 nitrogen and oxygen atoms in total. The highest BCUT2D eigenvalue weighted by atomic mass is 19.1. The summed E-state index contributed by atoms with van der Waals surface area (Å²) in [5.74, 6) is 6.79. The third-order valence-corrected chi connectivity index (χ3v) is 5.53. The van der Waals surface area contributed by atoms with Crippen molar-refractivity contribution in [2.24, 2.45) is 0 Å². The Kier molecular flexibility index (Phi) is 9.38. The van der Waals surface area contributed by atoms with Crippen LogP contribution < -0.4 is 4.74 Å². The summed E-state index contributed by atoms with van der Waals surface area (Å²) in [7, 11) is 0. The fourth-order valence-electron chi connectivity index (χ4n) is 3.58. The van der Waals surface area contributed by atoms with Crippen molar-refractivity contribution in [2.45, 2.75) is 58.8 Å². The Morgan fingerprint density at radius 1 is 0.719 bits per heavy atom. The molecular formula is C30H33FO. The molecule has 0 aliphatic rings. The lowest BCUT2D eigenvalue weighted by atomic mass is 10.00. The highest BCUT2D eigenvalue weighted by Gasteiger charge is 2.06. The second-order valence-corrected chi connectivity index (χ2v) is 8.18. The van der Waals surface area contributed by atoms with Gasteiger partial charge < -0.3 is 4.74 Å². The topological polar surface area (TPSA) is 9.23 Å². The van der Waals surface area contributed by atoms with Gasteiger partial charge in [-0.3, -0.25) is 0 Å². The van der Waals surface area contributed by atoms with Gasteiger partial charge in [-0.1, -0.05) is 81.7 Å². The Morgan fingerprint density at radius 3 is 2.06 bits per heavy atom. The van der Waals surface area contributed by atoms with E-state index in [1.165, 1.54) is 43.7 Å². The molecule has 0 atom stereocenters. The third-order valence-electron chi connectivity index (χ3n) is 5.53. The van der Waals surface area contributed by atoms with Gasteiger partial charge in [-0.05, 0) is 66.8 Å². The van der Waals surface area contributed by atoms with Crippen LogP contribution in [0.4, 0.5) is 4.39 Å². The van der Waals surface area contributed by atoms with E-state index in [1.807, 2.05) is 48.5 Å². The monoisotopic (exact) mass is 428 g/mol. The quantitative estimate of drug-likeness (QED) is 0.234. The molecule has 3 rings (SSSR count). The van der Waals surface area contributed by atoms with Crippen molar-refractivity contribution < 1.29 is 9.13 Å². The highest BCUT2D eigenvalue weighted by Crippen LogP contribution is 2.24. The fourth-order valence-corrected chi connectivity index (χ4v) is 3.58. The maximum Gasteiger partial charge on any atom is 0.132 e. The fraction of sp³-hybridized carbons (Fsp3) is 0.333. The van der Waals surface area contributed by atoms with E-state index in [0.29, 0.717) is 11.1 Å². The average molecular weight is 429 g/mol. The number of hydrogen-bond donors (Lipinski definition) is 0. The number of benzene rings is 3. The van der Waals surface area contributed by atoms with Crippen LogP contribution in [-0.2, 0) is 6.42 Å². The van der Waals surface area contributed by atoms with Gasteiger partial charge >= 0.3 is 0 Å². The molecule has 0 heterocycles. The van der Waals surface area contributed by atoms with Gasteiger partial charge in [-0.15, -0.1) is 0 Å². The minimum absolute atomic E-state index is 0.244. The zero-order valence-electron chi connectivity index (χ0n) is 19.3. The molecule has 0 aliphatic heterocycles. The molecule has 0 aromatic heterocycles. The van der Waals surface area contributed by atoms with Gasteiger partial charge in [0.1, 0.15) is 11.6 Å². The number of ether oxygens (including phenoxy) is 1. The third kappa shape index (κ3) is 7.27. The van der Waals surface area contributed by atoms with E-state index in [1.54, 1.807) is 0 Å². The second kappa shape index (κ2) is 12.7.